The van der Waals surface area contributed by atoms with E-state index in [1.54, 1.807) is 19.3 Å². The Bertz CT molecular complexity index is 528. The van der Waals surface area contributed by atoms with Crippen LogP contribution in [-0.4, -0.2) is 9.78 Å². The third kappa shape index (κ3) is 2.16. The van der Waals surface area contributed by atoms with E-state index in [1.807, 2.05) is 0 Å². The van der Waals surface area contributed by atoms with Gasteiger partial charge in [0.25, 0.3) is 0 Å². The smallest absolute Gasteiger partial charge is 0.194 e. The normalized spacial score (nSPS) is 12.8. The molecule has 1 unspecified atom stereocenters. The maximum absolute atomic E-state index is 13.0. The van der Waals surface area contributed by atoms with Crippen molar-refractivity contribution < 1.29 is 13.2 Å². The highest BCUT2D eigenvalue weighted by atomic mass is 19.2. The Morgan fingerprint density at radius 1 is 1.24 bits per heavy atom. The van der Waals surface area contributed by atoms with Crippen LogP contribution in [0, 0.1) is 17.5 Å². The van der Waals surface area contributed by atoms with E-state index in [4.69, 9.17) is 5.73 Å². The summed E-state index contributed by atoms with van der Waals surface area (Å²) in [6.07, 6.45) is 1.66. The quantitative estimate of drug-likeness (QED) is 0.816. The Kier molecular flexibility index (Phi) is 2.89. The lowest BCUT2D eigenvalue weighted by molar-refractivity contribution is 0.444. The van der Waals surface area contributed by atoms with Crippen LogP contribution in [0.25, 0.3) is 0 Å². The average molecular weight is 241 g/mol. The summed E-state index contributed by atoms with van der Waals surface area (Å²) in [5.74, 6) is -4.01. The van der Waals surface area contributed by atoms with Crippen molar-refractivity contribution in [1.29, 1.82) is 0 Å². The lowest BCUT2D eigenvalue weighted by Crippen LogP contribution is -2.14. The van der Waals surface area contributed by atoms with Crippen LogP contribution in [0.15, 0.2) is 24.4 Å². The first-order valence-corrected chi connectivity index (χ1v) is 4.88. The van der Waals surface area contributed by atoms with Crippen molar-refractivity contribution in [2.24, 2.45) is 12.8 Å². The predicted octanol–water partition coefficient (Wildman–Crippen LogP) is 1.89. The third-order valence-electron chi connectivity index (χ3n) is 2.42. The monoisotopic (exact) mass is 241 g/mol. The molecule has 1 aromatic heterocycles. The third-order valence-corrected chi connectivity index (χ3v) is 2.42. The van der Waals surface area contributed by atoms with E-state index in [2.05, 4.69) is 5.10 Å². The Morgan fingerprint density at radius 3 is 2.29 bits per heavy atom. The summed E-state index contributed by atoms with van der Waals surface area (Å²) >= 11 is 0. The highest BCUT2D eigenvalue weighted by molar-refractivity contribution is 5.28. The molecule has 0 amide bonds. The van der Waals surface area contributed by atoms with Gasteiger partial charge in [-0.2, -0.15) is 5.10 Å². The molecule has 0 aliphatic heterocycles. The Morgan fingerprint density at radius 2 is 1.82 bits per heavy atom. The largest absolute Gasteiger partial charge is 0.319 e. The lowest BCUT2D eigenvalue weighted by Gasteiger charge is -2.10. The fraction of sp³-hybridized carbons (Fsp3) is 0.182. The van der Waals surface area contributed by atoms with Crippen molar-refractivity contribution in [2.75, 3.05) is 0 Å². The van der Waals surface area contributed by atoms with Gasteiger partial charge >= 0.3 is 0 Å². The number of hydrogen-bond donors (Lipinski definition) is 1. The summed E-state index contributed by atoms with van der Waals surface area (Å²) in [5.41, 5.74) is 6.38. The predicted molar refractivity (Wildman–Crippen MR) is 55.6 cm³/mol. The average Bonchev–Trinajstić information content (AvgIpc) is 2.71. The number of nitrogens with zero attached hydrogens (tertiary/aromatic N) is 2. The molecule has 0 saturated carbocycles. The molecule has 3 nitrogen and oxygen atoms in total. The second kappa shape index (κ2) is 4.21. The van der Waals surface area contributed by atoms with E-state index in [0.717, 1.165) is 12.1 Å². The lowest BCUT2D eigenvalue weighted by atomic mass is 10.0. The van der Waals surface area contributed by atoms with Gasteiger partial charge in [0.2, 0.25) is 0 Å². The molecule has 0 bridgehead atoms. The highest BCUT2D eigenvalue weighted by Crippen LogP contribution is 2.21. The zero-order valence-corrected chi connectivity index (χ0v) is 8.99. The molecule has 6 heteroatoms. The van der Waals surface area contributed by atoms with Gasteiger partial charge in [0.15, 0.2) is 17.5 Å². The van der Waals surface area contributed by atoms with Gasteiger partial charge in [-0.3, -0.25) is 4.68 Å². The number of aromatic nitrogens is 2. The minimum Gasteiger partial charge on any atom is -0.319 e. The summed E-state index contributed by atoms with van der Waals surface area (Å²) < 4.78 is 40.3. The molecule has 0 fully saturated rings. The molecule has 0 radical (unpaired) electrons. The molecule has 2 rings (SSSR count). The van der Waals surface area contributed by atoms with Gasteiger partial charge in [-0.1, -0.05) is 0 Å². The first kappa shape index (κ1) is 11.7. The van der Waals surface area contributed by atoms with Crippen molar-refractivity contribution in [3.8, 4) is 0 Å². The first-order chi connectivity index (χ1) is 7.99. The molecule has 1 atom stereocenters. The molecule has 2 aromatic rings. The molecule has 0 spiro atoms. The first-order valence-electron chi connectivity index (χ1n) is 4.88. The second-order valence-electron chi connectivity index (χ2n) is 3.69. The van der Waals surface area contributed by atoms with Gasteiger partial charge in [0.1, 0.15) is 0 Å². The molecule has 90 valence electrons. The molecule has 0 saturated heterocycles. The van der Waals surface area contributed by atoms with Crippen LogP contribution in [0.1, 0.15) is 17.3 Å². The maximum atomic E-state index is 13.0. The van der Waals surface area contributed by atoms with Crippen LogP contribution in [-0.2, 0) is 7.05 Å². The summed E-state index contributed by atoms with van der Waals surface area (Å²) in [6.45, 7) is 0. The van der Waals surface area contributed by atoms with Gasteiger partial charge in [0, 0.05) is 13.2 Å². The van der Waals surface area contributed by atoms with Crippen molar-refractivity contribution in [3.63, 3.8) is 0 Å². The summed E-state index contributed by atoms with van der Waals surface area (Å²) in [4.78, 5) is 0. The van der Waals surface area contributed by atoms with Gasteiger partial charge < -0.3 is 5.73 Å². The Balaban J connectivity index is 2.41. The molecule has 1 heterocycles. The Hall–Kier alpha value is -1.82. The standard InChI is InChI=1S/C11H10F3N3/c1-17-3-2-9(16-17)11(15)6-4-7(12)10(14)8(13)5-6/h2-5,11H,15H2,1H3. The number of halogens is 3. The van der Waals surface area contributed by atoms with E-state index in [1.165, 1.54) is 4.68 Å². The van der Waals surface area contributed by atoms with Crippen LogP contribution in [0.4, 0.5) is 13.2 Å². The number of hydrogen-bond acceptors (Lipinski definition) is 2. The van der Waals surface area contributed by atoms with Crippen molar-refractivity contribution >= 4 is 0 Å². The topological polar surface area (TPSA) is 43.8 Å². The summed E-state index contributed by atoms with van der Waals surface area (Å²) in [6, 6.07) is 2.58. The fourth-order valence-electron chi connectivity index (χ4n) is 1.52. The van der Waals surface area contributed by atoms with E-state index in [0.29, 0.717) is 5.69 Å². The van der Waals surface area contributed by atoms with Gasteiger partial charge in [0.05, 0.1) is 11.7 Å². The maximum Gasteiger partial charge on any atom is 0.194 e. The minimum absolute atomic E-state index is 0.139. The Labute approximate surface area is 95.7 Å². The fourth-order valence-corrected chi connectivity index (χ4v) is 1.52. The van der Waals surface area contributed by atoms with Crippen molar-refractivity contribution in [2.45, 2.75) is 6.04 Å². The number of aryl methyl sites for hydroxylation is 1. The van der Waals surface area contributed by atoms with Gasteiger partial charge in [-0.25, -0.2) is 13.2 Å². The van der Waals surface area contributed by atoms with E-state index < -0.39 is 23.5 Å². The van der Waals surface area contributed by atoms with E-state index >= 15 is 0 Å². The van der Waals surface area contributed by atoms with E-state index in [9.17, 15) is 13.2 Å². The van der Waals surface area contributed by atoms with Crippen LogP contribution >= 0.6 is 0 Å². The minimum atomic E-state index is -1.50. The van der Waals surface area contributed by atoms with Gasteiger partial charge in [-0.05, 0) is 23.8 Å². The highest BCUT2D eigenvalue weighted by Gasteiger charge is 2.17. The van der Waals surface area contributed by atoms with E-state index in [-0.39, 0.29) is 5.56 Å². The second-order valence-corrected chi connectivity index (χ2v) is 3.69. The molecule has 17 heavy (non-hydrogen) atoms. The molecule has 0 aliphatic carbocycles. The van der Waals surface area contributed by atoms with Crippen molar-refractivity contribution in [1.82, 2.24) is 9.78 Å². The number of benzene rings is 1. The van der Waals surface area contributed by atoms with Crippen LogP contribution in [0.3, 0.4) is 0 Å². The molecular formula is C11H10F3N3. The molecular weight excluding hydrogens is 231 g/mol. The van der Waals surface area contributed by atoms with Crippen LogP contribution in [0.2, 0.25) is 0 Å². The van der Waals surface area contributed by atoms with Crippen molar-refractivity contribution in [3.05, 3.63) is 53.1 Å². The SMILES string of the molecule is Cn1ccc(C(N)c2cc(F)c(F)c(F)c2)n1. The molecule has 2 N–H and O–H groups in total. The number of rotatable bonds is 2. The summed E-state index contributed by atoms with van der Waals surface area (Å²) in [5, 5.41) is 4.02. The zero-order chi connectivity index (χ0) is 12.6. The zero-order valence-electron chi connectivity index (χ0n) is 8.99. The van der Waals surface area contributed by atoms with Gasteiger partial charge in [-0.15, -0.1) is 0 Å². The molecule has 0 aliphatic rings. The summed E-state index contributed by atoms with van der Waals surface area (Å²) in [7, 11) is 1.70. The van der Waals surface area contributed by atoms with Crippen LogP contribution < -0.4 is 5.73 Å². The molecule has 1 aromatic carbocycles. The van der Waals surface area contributed by atoms with Crippen LogP contribution in [0.5, 0.6) is 0 Å². The number of nitrogens with two attached hydrogens (primary N) is 1.